The van der Waals surface area contributed by atoms with Crippen LogP contribution >= 0.6 is 0 Å². The minimum Gasteiger partial charge on any atom is -0.370 e. The predicted molar refractivity (Wildman–Crippen MR) is 69.0 cm³/mol. The van der Waals surface area contributed by atoms with Gasteiger partial charge in [-0.3, -0.25) is 4.68 Å². The largest absolute Gasteiger partial charge is 0.370 e. The number of anilines is 1. The fourth-order valence-electron chi connectivity index (χ4n) is 1.81. The van der Waals surface area contributed by atoms with Crippen molar-refractivity contribution in [3.05, 3.63) is 41.9 Å². The molecule has 2 heterocycles. The molecule has 0 aliphatic carbocycles. The van der Waals surface area contributed by atoms with Crippen LogP contribution in [0.25, 0.3) is 0 Å². The van der Waals surface area contributed by atoms with Gasteiger partial charge in [0, 0.05) is 25.0 Å². The van der Waals surface area contributed by atoms with E-state index in [1.165, 1.54) is 5.69 Å². The fourth-order valence-corrected chi connectivity index (χ4v) is 1.81. The van der Waals surface area contributed by atoms with Crippen LogP contribution in [0.3, 0.4) is 0 Å². The summed E-state index contributed by atoms with van der Waals surface area (Å²) in [6, 6.07) is 7.98. The van der Waals surface area contributed by atoms with Gasteiger partial charge in [0.1, 0.15) is 5.82 Å². The predicted octanol–water partition coefficient (Wildman–Crippen LogP) is 2.40. The van der Waals surface area contributed by atoms with Crippen LogP contribution in [0, 0.1) is 13.8 Å². The Morgan fingerprint density at radius 1 is 1.29 bits per heavy atom. The Morgan fingerprint density at radius 3 is 2.82 bits per heavy atom. The molecule has 0 atom stereocenters. The van der Waals surface area contributed by atoms with E-state index in [2.05, 4.69) is 33.1 Å². The van der Waals surface area contributed by atoms with E-state index in [9.17, 15) is 0 Å². The van der Waals surface area contributed by atoms with E-state index in [0.29, 0.717) is 0 Å². The Bertz CT molecular complexity index is 462. The van der Waals surface area contributed by atoms with Crippen molar-refractivity contribution < 1.29 is 0 Å². The third-order valence-electron chi connectivity index (χ3n) is 2.62. The van der Waals surface area contributed by atoms with Gasteiger partial charge in [0.05, 0.1) is 5.69 Å². The summed E-state index contributed by atoms with van der Waals surface area (Å²) >= 11 is 0. The molecule has 0 amide bonds. The summed E-state index contributed by atoms with van der Waals surface area (Å²) in [5, 5.41) is 7.72. The highest BCUT2D eigenvalue weighted by Crippen LogP contribution is 2.03. The number of pyridine rings is 1. The minimum absolute atomic E-state index is 0.912. The van der Waals surface area contributed by atoms with Crippen molar-refractivity contribution in [2.75, 3.05) is 11.9 Å². The molecule has 1 N–H and O–H groups in total. The van der Waals surface area contributed by atoms with E-state index in [1.807, 2.05) is 25.1 Å². The van der Waals surface area contributed by atoms with Gasteiger partial charge in [0.2, 0.25) is 0 Å². The third-order valence-corrected chi connectivity index (χ3v) is 2.62. The van der Waals surface area contributed by atoms with Crippen molar-refractivity contribution >= 4 is 5.82 Å². The van der Waals surface area contributed by atoms with E-state index in [0.717, 1.165) is 31.0 Å². The lowest BCUT2D eigenvalue weighted by Crippen LogP contribution is -2.09. The first-order chi connectivity index (χ1) is 8.25. The number of hydrogen-bond donors (Lipinski definition) is 1. The number of hydrogen-bond acceptors (Lipinski definition) is 3. The topological polar surface area (TPSA) is 42.7 Å². The molecule has 4 nitrogen and oxygen atoms in total. The Labute approximate surface area is 102 Å². The molecule has 0 aromatic carbocycles. The second-order valence-corrected chi connectivity index (χ2v) is 4.15. The maximum absolute atomic E-state index is 4.43. The lowest BCUT2D eigenvalue weighted by Gasteiger charge is -2.06. The van der Waals surface area contributed by atoms with Gasteiger partial charge in [-0.15, -0.1) is 0 Å². The summed E-state index contributed by atoms with van der Waals surface area (Å²) in [7, 11) is 0. The molecular weight excluding hydrogens is 212 g/mol. The number of aromatic nitrogens is 3. The second-order valence-electron chi connectivity index (χ2n) is 4.15. The molecule has 0 spiro atoms. The molecule has 0 aliphatic heterocycles. The van der Waals surface area contributed by atoms with Crippen molar-refractivity contribution in [3.63, 3.8) is 0 Å². The molecule has 0 aliphatic rings. The molecule has 0 fully saturated rings. The Kier molecular flexibility index (Phi) is 3.75. The molecule has 2 aromatic heterocycles. The highest BCUT2D eigenvalue weighted by Gasteiger charge is 1.99. The zero-order chi connectivity index (χ0) is 12.1. The number of rotatable bonds is 5. The molecule has 4 heteroatoms. The highest BCUT2D eigenvalue weighted by atomic mass is 15.3. The summed E-state index contributed by atoms with van der Waals surface area (Å²) in [5.74, 6) is 0.931. The summed E-state index contributed by atoms with van der Waals surface area (Å²) in [5.41, 5.74) is 2.31. The molecular formula is C13H18N4. The van der Waals surface area contributed by atoms with Crippen LogP contribution in [-0.4, -0.2) is 21.3 Å². The molecule has 0 radical (unpaired) electrons. The molecule has 0 saturated carbocycles. The Hall–Kier alpha value is -1.84. The summed E-state index contributed by atoms with van der Waals surface area (Å²) in [4.78, 5) is 4.21. The van der Waals surface area contributed by atoms with Crippen LogP contribution in [0.1, 0.15) is 17.8 Å². The fraction of sp³-hybridized carbons (Fsp3) is 0.385. The molecule has 0 saturated heterocycles. The van der Waals surface area contributed by atoms with E-state index >= 15 is 0 Å². The molecule has 0 unspecified atom stereocenters. The van der Waals surface area contributed by atoms with Gasteiger partial charge < -0.3 is 5.32 Å². The molecule has 2 rings (SSSR count). The Morgan fingerprint density at radius 2 is 2.18 bits per heavy atom. The Balaban J connectivity index is 1.75. The average Bonchev–Trinajstić information content (AvgIpc) is 2.65. The van der Waals surface area contributed by atoms with Crippen LogP contribution in [0.2, 0.25) is 0 Å². The molecule has 90 valence electrons. The quantitative estimate of drug-likeness (QED) is 0.802. The van der Waals surface area contributed by atoms with E-state index in [-0.39, 0.29) is 0 Å². The first-order valence-corrected chi connectivity index (χ1v) is 5.91. The normalized spacial score (nSPS) is 10.5. The van der Waals surface area contributed by atoms with Gasteiger partial charge in [-0.25, -0.2) is 4.98 Å². The van der Waals surface area contributed by atoms with E-state index < -0.39 is 0 Å². The van der Waals surface area contributed by atoms with Gasteiger partial charge in [-0.2, -0.15) is 5.10 Å². The SMILES string of the molecule is Cc1cc(C)n(CCCNc2ccccn2)n1. The van der Waals surface area contributed by atoms with Gasteiger partial charge in [-0.1, -0.05) is 6.07 Å². The lowest BCUT2D eigenvalue weighted by molar-refractivity contribution is 0.573. The van der Waals surface area contributed by atoms with Crippen LogP contribution in [0.15, 0.2) is 30.5 Å². The number of nitrogens with zero attached hydrogens (tertiary/aromatic N) is 3. The van der Waals surface area contributed by atoms with Crippen LogP contribution in [0.4, 0.5) is 5.82 Å². The molecule has 2 aromatic rings. The zero-order valence-electron chi connectivity index (χ0n) is 10.3. The van der Waals surface area contributed by atoms with Crippen molar-refractivity contribution in [2.24, 2.45) is 0 Å². The average molecular weight is 230 g/mol. The molecule has 0 bridgehead atoms. The van der Waals surface area contributed by atoms with Crippen molar-refractivity contribution in [3.8, 4) is 0 Å². The van der Waals surface area contributed by atoms with Crippen LogP contribution < -0.4 is 5.32 Å². The zero-order valence-corrected chi connectivity index (χ0v) is 10.3. The standard InChI is InChI=1S/C13H18N4/c1-11-10-12(2)17(16-11)9-5-8-15-13-6-3-4-7-14-13/h3-4,6-7,10H,5,8-9H2,1-2H3,(H,14,15). The van der Waals surface area contributed by atoms with Crippen molar-refractivity contribution in [1.82, 2.24) is 14.8 Å². The second kappa shape index (κ2) is 5.48. The first kappa shape index (κ1) is 11.6. The first-order valence-electron chi connectivity index (χ1n) is 5.91. The maximum atomic E-state index is 4.43. The van der Waals surface area contributed by atoms with Gasteiger partial charge >= 0.3 is 0 Å². The van der Waals surface area contributed by atoms with Gasteiger partial charge in [-0.05, 0) is 38.5 Å². The van der Waals surface area contributed by atoms with Gasteiger partial charge in [0.15, 0.2) is 0 Å². The maximum Gasteiger partial charge on any atom is 0.125 e. The monoisotopic (exact) mass is 230 g/mol. The number of aryl methyl sites for hydroxylation is 3. The van der Waals surface area contributed by atoms with Crippen molar-refractivity contribution in [2.45, 2.75) is 26.8 Å². The molecule has 17 heavy (non-hydrogen) atoms. The van der Waals surface area contributed by atoms with Crippen LogP contribution in [0.5, 0.6) is 0 Å². The lowest BCUT2D eigenvalue weighted by atomic mass is 10.3. The van der Waals surface area contributed by atoms with Gasteiger partial charge in [0.25, 0.3) is 0 Å². The minimum atomic E-state index is 0.912. The van der Waals surface area contributed by atoms with E-state index in [1.54, 1.807) is 6.20 Å². The summed E-state index contributed by atoms with van der Waals surface area (Å²) < 4.78 is 2.05. The van der Waals surface area contributed by atoms with Crippen LogP contribution in [-0.2, 0) is 6.54 Å². The van der Waals surface area contributed by atoms with E-state index in [4.69, 9.17) is 0 Å². The highest BCUT2D eigenvalue weighted by molar-refractivity contribution is 5.32. The summed E-state index contributed by atoms with van der Waals surface area (Å²) in [6.45, 7) is 5.97. The smallest absolute Gasteiger partial charge is 0.125 e. The third kappa shape index (κ3) is 3.31. The summed E-state index contributed by atoms with van der Waals surface area (Å²) in [6.07, 6.45) is 2.84. The van der Waals surface area contributed by atoms with Crippen molar-refractivity contribution in [1.29, 1.82) is 0 Å². The number of nitrogens with one attached hydrogen (secondary N) is 1.